The molecule has 1 aliphatic rings. The molecule has 0 aromatic carbocycles. The first kappa shape index (κ1) is 8.52. The second-order valence-corrected chi connectivity index (χ2v) is 2.38. The molecule has 0 bridgehead atoms. The van der Waals surface area contributed by atoms with Crippen molar-refractivity contribution in [3.63, 3.8) is 0 Å². The Hall–Kier alpha value is -1.58. The average molecular weight is 167 g/mol. The quantitative estimate of drug-likeness (QED) is 0.597. The summed E-state index contributed by atoms with van der Waals surface area (Å²) in [6, 6.07) is 0. The lowest BCUT2D eigenvalue weighted by Crippen LogP contribution is -2.27. The van der Waals surface area contributed by atoms with Crippen LogP contribution < -0.4 is 5.73 Å². The van der Waals surface area contributed by atoms with E-state index in [0.717, 1.165) is 0 Å². The van der Waals surface area contributed by atoms with Gasteiger partial charge in [0.1, 0.15) is 6.10 Å². The van der Waals surface area contributed by atoms with Gasteiger partial charge in [0.2, 0.25) is 5.78 Å². The van der Waals surface area contributed by atoms with E-state index < -0.39 is 11.7 Å². The van der Waals surface area contributed by atoms with E-state index in [-0.39, 0.29) is 12.5 Å². The van der Waals surface area contributed by atoms with Crippen LogP contribution in [-0.4, -0.2) is 17.8 Å². The number of hydrogen-bond donors (Lipinski definition) is 1. The molecular formula is C8H9NO3. The Morgan fingerprint density at radius 1 is 1.42 bits per heavy atom. The van der Waals surface area contributed by atoms with Crippen molar-refractivity contribution in [1.29, 1.82) is 0 Å². The molecule has 1 unspecified atom stereocenters. The maximum Gasteiger partial charge on any atom is 0.284 e. The third kappa shape index (κ3) is 2.23. The molecule has 1 aliphatic heterocycles. The molecule has 4 nitrogen and oxygen atoms in total. The normalized spacial score (nSPS) is 20.2. The number of carbonyl (C=O) groups is 2. The number of amides is 1. The van der Waals surface area contributed by atoms with Crippen LogP contribution in [0.1, 0.15) is 6.42 Å². The van der Waals surface area contributed by atoms with Crippen molar-refractivity contribution < 1.29 is 14.3 Å². The maximum absolute atomic E-state index is 10.8. The first-order valence-electron chi connectivity index (χ1n) is 3.51. The van der Waals surface area contributed by atoms with E-state index >= 15 is 0 Å². The van der Waals surface area contributed by atoms with Gasteiger partial charge in [-0.15, -0.1) is 0 Å². The molecule has 0 saturated carbocycles. The van der Waals surface area contributed by atoms with E-state index in [9.17, 15) is 9.59 Å². The van der Waals surface area contributed by atoms with Crippen molar-refractivity contribution in [3.05, 3.63) is 24.5 Å². The first-order valence-corrected chi connectivity index (χ1v) is 3.51. The number of carbonyl (C=O) groups excluding carboxylic acids is 2. The minimum Gasteiger partial charge on any atom is -0.493 e. The van der Waals surface area contributed by atoms with E-state index in [0.29, 0.717) is 0 Å². The minimum absolute atomic E-state index is 0.0101. The highest BCUT2D eigenvalue weighted by Gasteiger charge is 2.16. The number of nitrogens with two attached hydrogens (primary N) is 1. The number of allylic oxidation sites excluding steroid dienone is 2. The fourth-order valence-electron chi connectivity index (χ4n) is 0.825. The molecule has 0 aromatic rings. The van der Waals surface area contributed by atoms with Gasteiger partial charge in [0.25, 0.3) is 5.91 Å². The summed E-state index contributed by atoms with van der Waals surface area (Å²) in [4.78, 5) is 21.1. The summed E-state index contributed by atoms with van der Waals surface area (Å²) in [6.45, 7) is 0. The van der Waals surface area contributed by atoms with Crippen molar-refractivity contribution >= 4 is 11.7 Å². The maximum atomic E-state index is 10.8. The highest BCUT2D eigenvalue weighted by molar-refractivity contribution is 6.35. The number of hydrogen-bond acceptors (Lipinski definition) is 3. The summed E-state index contributed by atoms with van der Waals surface area (Å²) in [7, 11) is 0. The van der Waals surface area contributed by atoms with Gasteiger partial charge in [0.05, 0.1) is 12.7 Å². The Morgan fingerprint density at radius 2 is 2.17 bits per heavy atom. The van der Waals surface area contributed by atoms with Crippen LogP contribution in [0.15, 0.2) is 24.5 Å². The third-order valence-electron chi connectivity index (χ3n) is 1.43. The monoisotopic (exact) mass is 167 g/mol. The standard InChI is InChI=1S/C8H9NO3/c9-8(11)7(10)5-6-3-1-2-4-12-6/h1-4,6H,5H2,(H2,9,11). The van der Waals surface area contributed by atoms with E-state index in [1.54, 1.807) is 18.2 Å². The van der Waals surface area contributed by atoms with Crippen LogP contribution in [0.3, 0.4) is 0 Å². The Bertz CT molecular complexity index is 255. The molecule has 12 heavy (non-hydrogen) atoms. The Morgan fingerprint density at radius 3 is 2.67 bits per heavy atom. The zero-order valence-electron chi connectivity index (χ0n) is 6.40. The summed E-state index contributed by atoms with van der Waals surface area (Å²) in [5, 5.41) is 0. The summed E-state index contributed by atoms with van der Waals surface area (Å²) >= 11 is 0. The van der Waals surface area contributed by atoms with Gasteiger partial charge < -0.3 is 10.5 Å². The van der Waals surface area contributed by atoms with Crippen LogP contribution in [-0.2, 0) is 14.3 Å². The van der Waals surface area contributed by atoms with Gasteiger partial charge in [-0.05, 0) is 12.2 Å². The van der Waals surface area contributed by atoms with Crippen LogP contribution in [0.5, 0.6) is 0 Å². The highest BCUT2D eigenvalue weighted by atomic mass is 16.5. The molecule has 0 spiro atoms. The van der Waals surface area contributed by atoms with Crippen LogP contribution in [0.2, 0.25) is 0 Å². The van der Waals surface area contributed by atoms with Crippen molar-refractivity contribution in [2.45, 2.75) is 12.5 Å². The Labute approximate surface area is 69.7 Å². The van der Waals surface area contributed by atoms with Gasteiger partial charge in [-0.3, -0.25) is 9.59 Å². The first-order chi connectivity index (χ1) is 5.70. The fourth-order valence-corrected chi connectivity index (χ4v) is 0.825. The van der Waals surface area contributed by atoms with E-state index in [4.69, 9.17) is 10.5 Å². The van der Waals surface area contributed by atoms with Crippen LogP contribution >= 0.6 is 0 Å². The molecule has 1 atom stereocenters. The van der Waals surface area contributed by atoms with Gasteiger partial charge in [-0.1, -0.05) is 6.08 Å². The number of ether oxygens (including phenoxy) is 1. The topological polar surface area (TPSA) is 69.4 Å². The smallest absolute Gasteiger partial charge is 0.284 e. The van der Waals surface area contributed by atoms with E-state index in [1.807, 2.05) is 0 Å². The lowest BCUT2D eigenvalue weighted by atomic mass is 10.1. The van der Waals surface area contributed by atoms with Crippen LogP contribution in [0.25, 0.3) is 0 Å². The summed E-state index contributed by atoms with van der Waals surface area (Å²) in [5.41, 5.74) is 4.77. The summed E-state index contributed by atoms with van der Waals surface area (Å²) in [5.74, 6) is -1.53. The zero-order valence-corrected chi connectivity index (χ0v) is 6.40. The number of rotatable bonds is 3. The predicted octanol–water partition coefficient (Wildman–Crippen LogP) is -0.100. The number of primary amides is 1. The minimum atomic E-state index is -0.915. The van der Waals surface area contributed by atoms with Crippen molar-refractivity contribution in [3.8, 4) is 0 Å². The van der Waals surface area contributed by atoms with Gasteiger partial charge in [0, 0.05) is 0 Å². The van der Waals surface area contributed by atoms with E-state index in [1.165, 1.54) is 6.26 Å². The molecule has 1 heterocycles. The van der Waals surface area contributed by atoms with Crippen molar-refractivity contribution in [2.75, 3.05) is 0 Å². The number of ketones is 1. The highest BCUT2D eigenvalue weighted by Crippen LogP contribution is 2.06. The largest absolute Gasteiger partial charge is 0.493 e. The van der Waals surface area contributed by atoms with Gasteiger partial charge in [-0.2, -0.15) is 0 Å². The van der Waals surface area contributed by atoms with Crippen molar-refractivity contribution in [2.24, 2.45) is 5.73 Å². The van der Waals surface area contributed by atoms with Crippen LogP contribution in [0.4, 0.5) is 0 Å². The van der Waals surface area contributed by atoms with Gasteiger partial charge in [-0.25, -0.2) is 0 Å². The average Bonchev–Trinajstić information content (AvgIpc) is 2.06. The molecule has 4 heteroatoms. The Kier molecular flexibility index (Phi) is 2.63. The van der Waals surface area contributed by atoms with E-state index in [2.05, 4.69) is 0 Å². The SMILES string of the molecule is NC(=O)C(=O)CC1C=CC=CO1. The van der Waals surface area contributed by atoms with Crippen molar-refractivity contribution in [1.82, 2.24) is 0 Å². The molecule has 0 aliphatic carbocycles. The molecular weight excluding hydrogens is 158 g/mol. The lowest BCUT2D eigenvalue weighted by molar-refractivity contribution is -0.136. The Balaban J connectivity index is 2.42. The van der Waals surface area contributed by atoms with Crippen LogP contribution in [0, 0.1) is 0 Å². The number of Topliss-reactive ketones (excluding diaryl/α,β-unsaturated/α-hetero) is 1. The molecule has 0 radical (unpaired) electrons. The predicted molar refractivity (Wildman–Crippen MR) is 42.0 cm³/mol. The molecule has 1 amide bonds. The fraction of sp³-hybridized carbons (Fsp3) is 0.250. The second kappa shape index (κ2) is 3.71. The molecule has 0 saturated heterocycles. The zero-order chi connectivity index (χ0) is 8.97. The molecule has 0 aromatic heterocycles. The molecule has 0 fully saturated rings. The summed E-state index contributed by atoms with van der Waals surface area (Å²) < 4.78 is 5.00. The molecule has 1 rings (SSSR count). The van der Waals surface area contributed by atoms with Gasteiger partial charge in [0.15, 0.2) is 0 Å². The third-order valence-corrected chi connectivity index (χ3v) is 1.43. The van der Waals surface area contributed by atoms with Gasteiger partial charge >= 0.3 is 0 Å². The summed E-state index contributed by atoms with van der Waals surface area (Å²) in [6.07, 6.45) is 6.28. The lowest BCUT2D eigenvalue weighted by Gasteiger charge is -2.12. The molecule has 2 N–H and O–H groups in total. The second-order valence-electron chi connectivity index (χ2n) is 2.38. The molecule has 64 valence electrons.